The van der Waals surface area contributed by atoms with Crippen LogP contribution in [0.15, 0.2) is 0 Å². The Balaban J connectivity index is 1.88. The van der Waals surface area contributed by atoms with Crippen LogP contribution in [-0.2, 0) is 0 Å². The molecule has 0 spiro atoms. The monoisotopic (exact) mass is 361 g/mol. The maximum absolute atomic E-state index is 10.6. The van der Waals surface area contributed by atoms with Crippen LogP contribution in [0.2, 0.25) is 10.6 Å². The molecule has 0 aliphatic carbocycles. The van der Waals surface area contributed by atoms with Crippen LogP contribution in [0.5, 0.6) is 0 Å². The van der Waals surface area contributed by atoms with Crippen molar-refractivity contribution in [3.8, 4) is 0 Å². The molecule has 2 rings (SSSR count). The number of aliphatic hydroxyl groups is 1. The number of aromatic nitrogens is 3. The lowest BCUT2D eigenvalue weighted by molar-refractivity contribution is 0.0246. The maximum Gasteiger partial charge on any atom is 0.228 e. The molecule has 1 aromatic heterocycles. The van der Waals surface area contributed by atoms with Crippen LogP contribution in [0, 0.1) is 5.92 Å². The highest BCUT2D eigenvalue weighted by atomic mass is 35.5. The molecule has 23 heavy (non-hydrogen) atoms. The van der Waals surface area contributed by atoms with Crippen LogP contribution < -0.4 is 10.6 Å². The average molecular weight is 362 g/mol. The van der Waals surface area contributed by atoms with Gasteiger partial charge in [-0.1, -0.05) is 0 Å². The lowest BCUT2D eigenvalue weighted by atomic mass is 9.73. The molecule has 1 aliphatic rings. The highest BCUT2D eigenvalue weighted by Gasteiger charge is 2.39. The summed E-state index contributed by atoms with van der Waals surface area (Å²) in [6.45, 7) is 9.27. The summed E-state index contributed by atoms with van der Waals surface area (Å²) >= 11 is 11.5. The van der Waals surface area contributed by atoms with Gasteiger partial charge in [-0.2, -0.15) is 15.0 Å². The number of rotatable bonds is 5. The van der Waals surface area contributed by atoms with E-state index in [1.807, 2.05) is 0 Å². The normalized spacial score (nSPS) is 21.9. The van der Waals surface area contributed by atoms with E-state index in [2.05, 4.69) is 53.3 Å². The van der Waals surface area contributed by atoms with Gasteiger partial charge in [0.15, 0.2) is 0 Å². The van der Waals surface area contributed by atoms with Gasteiger partial charge in [-0.25, -0.2) is 0 Å². The topological polar surface area (TPSA) is 83.0 Å². The van der Waals surface area contributed by atoms with Crippen molar-refractivity contribution in [2.45, 2.75) is 64.1 Å². The first-order valence-electron chi connectivity index (χ1n) is 7.85. The van der Waals surface area contributed by atoms with E-state index in [0.29, 0.717) is 18.9 Å². The van der Waals surface area contributed by atoms with E-state index in [0.717, 1.165) is 12.8 Å². The van der Waals surface area contributed by atoms with Gasteiger partial charge in [-0.3, -0.25) is 0 Å². The highest BCUT2D eigenvalue weighted by Crippen LogP contribution is 2.35. The molecule has 2 heterocycles. The Bertz CT molecular complexity index is 516. The van der Waals surface area contributed by atoms with Crippen molar-refractivity contribution in [1.82, 2.24) is 20.3 Å². The maximum atomic E-state index is 10.6. The molecule has 6 nitrogen and oxygen atoms in total. The van der Waals surface area contributed by atoms with Crippen LogP contribution in [0.1, 0.15) is 47.0 Å². The molecular weight excluding hydrogens is 337 g/mol. The van der Waals surface area contributed by atoms with Crippen LogP contribution in [0.25, 0.3) is 0 Å². The van der Waals surface area contributed by atoms with Crippen LogP contribution in [0.4, 0.5) is 5.95 Å². The van der Waals surface area contributed by atoms with Crippen molar-refractivity contribution in [3.05, 3.63) is 10.6 Å². The predicted octanol–water partition coefficient (Wildman–Crippen LogP) is 2.90. The number of anilines is 1. The minimum atomic E-state index is -0.379. The van der Waals surface area contributed by atoms with E-state index in [4.69, 9.17) is 23.2 Å². The summed E-state index contributed by atoms with van der Waals surface area (Å²) in [7, 11) is 0. The highest BCUT2D eigenvalue weighted by molar-refractivity contribution is 6.31. The van der Waals surface area contributed by atoms with E-state index in [1.54, 1.807) is 0 Å². The number of hydrogen-bond acceptors (Lipinski definition) is 6. The van der Waals surface area contributed by atoms with Gasteiger partial charge >= 0.3 is 0 Å². The molecule has 1 saturated heterocycles. The first-order chi connectivity index (χ1) is 10.6. The number of hydrogen-bond donors (Lipinski definition) is 3. The molecular formula is C15H25Cl2N5O. The fourth-order valence-electron chi connectivity index (χ4n) is 3.65. The van der Waals surface area contributed by atoms with Crippen molar-refractivity contribution in [2.75, 3.05) is 11.9 Å². The molecule has 1 aromatic rings. The minimum Gasteiger partial charge on any atom is -0.393 e. The van der Waals surface area contributed by atoms with E-state index in [-0.39, 0.29) is 33.7 Å². The zero-order valence-corrected chi connectivity index (χ0v) is 15.5. The number of nitrogens with zero attached hydrogens (tertiary/aromatic N) is 3. The molecule has 1 fully saturated rings. The summed E-state index contributed by atoms with van der Waals surface area (Å²) in [6, 6.07) is 0. The molecule has 1 atom stereocenters. The van der Waals surface area contributed by atoms with Gasteiger partial charge in [0.1, 0.15) is 0 Å². The Kier molecular flexibility index (Phi) is 5.72. The second-order valence-corrected chi connectivity index (χ2v) is 8.22. The number of piperidine rings is 1. The van der Waals surface area contributed by atoms with Gasteiger partial charge in [0.25, 0.3) is 0 Å². The van der Waals surface area contributed by atoms with Gasteiger partial charge < -0.3 is 15.7 Å². The van der Waals surface area contributed by atoms with E-state index < -0.39 is 0 Å². The Hall–Kier alpha value is -0.690. The molecule has 0 amide bonds. The van der Waals surface area contributed by atoms with Crippen molar-refractivity contribution in [1.29, 1.82) is 0 Å². The molecule has 130 valence electrons. The van der Waals surface area contributed by atoms with Crippen LogP contribution in [-0.4, -0.2) is 43.8 Å². The number of nitrogens with one attached hydrogen (secondary N) is 2. The third kappa shape index (κ3) is 5.71. The SMILES string of the molecule is CC1(C)CC(C(O)CCNc2nc(Cl)nc(Cl)n2)CC(C)(C)N1. The summed E-state index contributed by atoms with van der Waals surface area (Å²) in [5.74, 6) is 0.585. The standard InChI is InChI=1S/C15H25Cl2N5O/c1-14(2)7-9(8-15(3,4)22-14)10(23)5-6-18-13-20-11(16)19-12(17)21-13/h9-10,22-23H,5-8H2,1-4H3,(H,18,19,20,21). The van der Waals surface area contributed by atoms with Gasteiger partial charge in [-0.05, 0) is 76.1 Å². The second kappa shape index (κ2) is 7.05. The Labute approximate surface area is 147 Å². The van der Waals surface area contributed by atoms with Gasteiger partial charge in [-0.15, -0.1) is 0 Å². The molecule has 8 heteroatoms. The van der Waals surface area contributed by atoms with Crippen molar-refractivity contribution in [2.24, 2.45) is 5.92 Å². The first kappa shape index (κ1) is 18.6. The average Bonchev–Trinajstić information content (AvgIpc) is 2.33. The fraction of sp³-hybridized carbons (Fsp3) is 0.800. The molecule has 0 aromatic carbocycles. The molecule has 0 radical (unpaired) electrons. The Morgan fingerprint density at radius 3 is 2.17 bits per heavy atom. The first-order valence-corrected chi connectivity index (χ1v) is 8.60. The van der Waals surface area contributed by atoms with Crippen molar-refractivity contribution >= 4 is 29.2 Å². The Morgan fingerprint density at radius 1 is 1.13 bits per heavy atom. The van der Waals surface area contributed by atoms with E-state index in [1.165, 1.54) is 0 Å². The summed E-state index contributed by atoms with van der Waals surface area (Å²) < 4.78 is 0. The van der Waals surface area contributed by atoms with Crippen LogP contribution >= 0.6 is 23.2 Å². The zero-order valence-electron chi connectivity index (χ0n) is 14.0. The molecule has 0 saturated carbocycles. The van der Waals surface area contributed by atoms with E-state index >= 15 is 0 Å². The predicted molar refractivity (Wildman–Crippen MR) is 93.0 cm³/mol. The summed E-state index contributed by atoms with van der Waals surface area (Å²) in [4.78, 5) is 11.6. The van der Waals surface area contributed by atoms with Crippen molar-refractivity contribution in [3.63, 3.8) is 0 Å². The van der Waals surface area contributed by atoms with Gasteiger partial charge in [0.05, 0.1) is 6.10 Å². The third-order valence-electron chi connectivity index (χ3n) is 4.07. The molecule has 1 unspecified atom stereocenters. The van der Waals surface area contributed by atoms with Crippen LogP contribution in [0.3, 0.4) is 0 Å². The molecule has 0 bridgehead atoms. The summed E-state index contributed by atoms with van der Waals surface area (Å²) in [5.41, 5.74) is 0.0478. The largest absolute Gasteiger partial charge is 0.393 e. The molecule has 1 aliphatic heterocycles. The Morgan fingerprint density at radius 2 is 1.65 bits per heavy atom. The number of halogens is 2. The second-order valence-electron chi connectivity index (χ2n) is 7.54. The minimum absolute atomic E-state index is 0.0239. The lowest BCUT2D eigenvalue weighted by Crippen LogP contribution is -2.59. The van der Waals surface area contributed by atoms with Gasteiger partial charge in [0.2, 0.25) is 16.5 Å². The fourth-order valence-corrected chi connectivity index (χ4v) is 4.01. The third-order valence-corrected chi connectivity index (χ3v) is 4.41. The lowest BCUT2D eigenvalue weighted by Gasteiger charge is -2.47. The van der Waals surface area contributed by atoms with E-state index in [9.17, 15) is 5.11 Å². The smallest absolute Gasteiger partial charge is 0.228 e. The number of aliphatic hydroxyl groups excluding tert-OH is 1. The zero-order chi connectivity index (χ0) is 17.3. The van der Waals surface area contributed by atoms with Crippen molar-refractivity contribution < 1.29 is 5.11 Å². The summed E-state index contributed by atoms with van der Waals surface area (Å²) in [6.07, 6.45) is 2.12. The summed E-state index contributed by atoms with van der Waals surface area (Å²) in [5, 5.41) is 17.3. The quantitative estimate of drug-likeness (QED) is 0.747. The molecule has 3 N–H and O–H groups in total. The van der Waals surface area contributed by atoms with Gasteiger partial charge in [0, 0.05) is 17.6 Å².